The van der Waals surface area contributed by atoms with Gasteiger partial charge in [-0.1, -0.05) is 12.1 Å². The van der Waals surface area contributed by atoms with Crippen LogP contribution in [0.15, 0.2) is 24.3 Å². The van der Waals surface area contributed by atoms with Crippen LogP contribution >= 0.6 is 0 Å². The molecule has 1 fully saturated rings. The summed E-state index contributed by atoms with van der Waals surface area (Å²) < 4.78 is 0. The van der Waals surface area contributed by atoms with Crippen LogP contribution in [-0.2, 0) is 11.3 Å². The van der Waals surface area contributed by atoms with Gasteiger partial charge in [0.15, 0.2) is 0 Å². The number of amides is 1. The van der Waals surface area contributed by atoms with E-state index in [1.807, 2.05) is 0 Å². The molecule has 2 rings (SSSR count). The van der Waals surface area contributed by atoms with Crippen molar-refractivity contribution in [2.45, 2.75) is 19.0 Å². The largest absolute Gasteiger partial charge is 0.337 e. The predicted molar refractivity (Wildman–Crippen MR) is 61.1 cm³/mol. The maximum atomic E-state index is 11.6. The van der Waals surface area contributed by atoms with Crippen LogP contribution in [0.5, 0.6) is 0 Å². The number of nitro benzene ring substituents is 1. The van der Waals surface area contributed by atoms with Crippen LogP contribution in [0.3, 0.4) is 0 Å². The molecule has 0 spiro atoms. The standard InChI is InChI=1S/C11H13N3O3/c12-10-5-6-13(11(10)15)7-8-1-3-9(4-2-8)14(16)17/h1-4,10H,5-7,12H2/t10-/m0/s1. The summed E-state index contributed by atoms with van der Waals surface area (Å²) >= 11 is 0. The fraction of sp³-hybridized carbons (Fsp3) is 0.364. The molecule has 1 amide bonds. The highest BCUT2D eigenvalue weighted by molar-refractivity contribution is 5.83. The van der Waals surface area contributed by atoms with Crippen LogP contribution in [0.4, 0.5) is 5.69 Å². The topological polar surface area (TPSA) is 89.5 Å². The number of hydrogen-bond donors (Lipinski definition) is 1. The number of carbonyl (C=O) groups excluding carboxylic acids is 1. The van der Waals surface area contributed by atoms with E-state index in [0.29, 0.717) is 19.5 Å². The van der Waals surface area contributed by atoms with Crippen molar-refractivity contribution in [3.63, 3.8) is 0 Å². The third-order valence-corrected chi connectivity index (χ3v) is 2.86. The molecule has 1 aromatic carbocycles. The van der Waals surface area contributed by atoms with Crippen LogP contribution in [-0.4, -0.2) is 28.3 Å². The summed E-state index contributed by atoms with van der Waals surface area (Å²) in [6.45, 7) is 1.11. The van der Waals surface area contributed by atoms with Gasteiger partial charge in [0.1, 0.15) is 0 Å². The zero-order valence-electron chi connectivity index (χ0n) is 9.20. The second kappa shape index (κ2) is 4.50. The molecular formula is C11H13N3O3. The van der Waals surface area contributed by atoms with Gasteiger partial charge in [-0.15, -0.1) is 0 Å². The van der Waals surface area contributed by atoms with Crippen LogP contribution in [0.2, 0.25) is 0 Å². The van der Waals surface area contributed by atoms with Gasteiger partial charge in [0, 0.05) is 25.2 Å². The highest BCUT2D eigenvalue weighted by atomic mass is 16.6. The van der Waals surface area contributed by atoms with Crippen molar-refractivity contribution in [3.05, 3.63) is 39.9 Å². The molecule has 0 aliphatic carbocycles. The number of hydrogen-bond acceptors (Lipinski definition) is 4. The first kappa shape index (κ1) is 11.5. The zero-order chi connectivity index (χ0) is 12.4. The fourth-order valence-corrected chi connectivity index (χ4v) is 1.86. The molecule has 0 aromatic heterocycles. The Bertz CT molecular complexity index is 444. The number of nitrogens with two attached hydrogens (primary N) is 1. The third kappa shape index (κ3) is 2.42. The number of likely N-dealkylation sites (tertiary alicyclic amines) is 1. The first-order chi connectivity index (χ1) is 8.08. The van der Waals surface area contributed by atoms with Gasteiger partial charge in [-0.3, -0.25) is 14.9 Å². The number of rotatable bonds is 3. The van der Waals surface area contributed by atoms with E-state index in [4.69, 9.17) is 5.73 Å². The molecular weight excluding hydrogens is 222 g/mol. The second-order valence-corrected chi connectivity index (χ2v) is 4.08. The normalized spacial score (nSPS) is 19.7. The Morgan fingerprint density at radius 3 is 2.53 bits per heavy atom. The Balaban J connectivity index is 2.04. The van der Waals surface area contributed by atoms with Crippen molar-refractivity contribution in [3.8, 4) is 0 Å². The summed E-state index contributed by atoms with van der Waals surface area (Å²) in [5.41, 5.74) is 6.53. The van der Waals surface area contributed by atoms with E-state index in [2.05, 4.69) is 0 Å². The molecule has 0 radical (unpaired) electrons. The lowest BCUT2D eigenvalue weighted by Crippen LogP contribution is -2.33. The van der Waals surface area contributed by atoms with Crippen LogP contribution in [0.25, 0.3) is 0 Å². The Hall–Kier alpha value is -1.95. The summed E-state index contributed by atoms with van der Waals surface area (Å²) in [5.74, 6) is -0.0525. The minimum Gasteiger partial charge on any atom is -0.337 e. The average molecular weight is 235 g/mol. The lowest BCUT2D eigenvalue weighted by molar-refractivity contribution is -0.384. The molecule has 0 unspecified atom stereocenters. The first-order valence-corrected chi connectivity index (χ1v) is 5.35. The van der Waals surface area contributed by atoms with Crippen molar-refractivity contribution < 1.29 is 9.72 Å². The van der Waals surface area contributed by atoms with Gasteiger partial charge < -0.3 is 10.6 Å². The molecule has 1 saturated heterocycles. The molecule has 90 valence electrons. The maximum Gasteiger partial charge on any atom is 0.269 e. The molecule has 1 aliphatic heterocycles. The number of carbonyl (C=O) groups is 1. The number of non-ortho nitro benzene ring substituents is 1. The van der Waals surface area contributed by atoms with E-state index in [1.165, 1.54) is 12.1 Å². The molecule has 1 atom stereocenters. The van der Waals surface area contributed by atoms with E-state index >= 15 is 0 Å². The number of nitro groups is 1. The molecule has 17 heavy (non-hydrogen) atoms. The Morgan fingerprint density at radius 2 is 2.06 bits per heavy atom. The molecule has 2 N–H and O–H groups in total. The summed E-state index contributed by atoms with van der Waals surface area (Å²) in [7, 11) is 0. The van der Waals surface area contributed by atoms with E-state index in [1.54, 1.807) is 17.0 Å². The quantitative estimate of drug-likeness (QED) is 0.615. The average Bonchev–Trinajstić information content (AvgIpc) is 2.62. The van der Waals surface area contributed by atoms with Crippen molar-refractivity contribution in [2.75, 3.05) is 6.54 Å². The predicted octanol–water partition coefficient (Wildman–Crippen LogP) is 0.654. The second-order valence-electron chi connectivity index (χ2n) is 4.08. The van der Waals surface area contributed by atoms with Crippen LogP contribution in [0, 0.1) is 10.1 Å². The van der Waals surface area contributed by atoms with Gasteiger partial charge in [-0.25, -0.2) is 0 Å². The third-order valence-electron chi connectivity index (χ3n) is 2.86. The summed E-state index contributed by atoms with van der Waals surface area (Å²) in [6, 6.07) is 5.81. The lowest BCUT2D eigenvalue weighted by atomic mass is 10.2. The minimum atomic E-state index is -0.444. The molecule has 1 aromatic rings. The number of benzene rings is 1. The highest BCUT2D eigenvalue weighted by Crippen LogP contribution is 2.16. The van der Waals surface area contributed by atoms with Gasteiger partial charge in [-0.2, -0.15) is 0 Å². The molecule has 1 aliphatic rings. The smallest absolute Gasteiger partial charge is 0.269 e. The monoisotopic (exact) mass is 235 g/mol. The van der Waals surface area contributed by atoms with Gasteiger partial charge in [-0.05, 0) is 12.0 Å². The van der Waals surface area contributed by atoms with E-state index in [9.17, 15) is 14.9 Å². The fourth-order valence-electron chi connectivity index (χ4n) is 1.86. The Kier molecular flexibility index (Phi) is 3.06. The maximum absolute atomic E-state index is 11.6. The minimum absolute atomic E-state index is 0.0525. The van der Waals surface area contributed by atoms with Gasteiger partial charge in [0.25, 0.3) is 5.69 Å². The van der Waals surface area contributed by atoms with E-state index < -0.39 is 11.0 Å². The van der Waals surface area contributed by atoms with Crippen molar-refractivity contribution in [2.24, 2.45) is 5.73 Å². The van der Waals surface area contributed by atoms with Gasteiger partial charge in [0.2, 0.25) is 5.91 Å². The van der Waals surface area contributed by atoms with Crippen LogP contribution < -0.4 is 5.73 Å². The summed E-state index contributed by atoms with van der Waals surface area (Å²) in [6.07, 6.45) is 0.672. The number of nitrogens with zero attached hydrogens (tertiary/aromatic N) is 2. The van der Waals surface area contributed by atoms with Crippen molar-refractivity contribution >= 4 is 11.6 Å². The lowest BCUT2D eigenvalue weighted by Gasteiger charge is -2.15. The zero-order valence-corrected chi connectivity index (χ0v) is 9.20. The molecule has 6 heteroatoms. The van der Waals surface area contributed by atoms with Gasteiger partial charge in [0.05, 0.1) is 11.0 Å². The first-order valence-electron chi connectivity index (χ1n) is 5.35. The molecule has 1 heterocycles. The molecule has 0 saturated carbocycles. The Labute approximate surface area is 98.2 Å². The highest BCUT2D eigenvalue weighted by Gasteiger charge is 2.28. The van der Waals surface area contributed by atoms with E-state index in [-0.39, 0.29) is 11.6 Å². The van der Waals surface area contributed by atoms with Gasteiger partial charge >= 0.3 is 0 Å². The summed E-state index contributed by atoms with van der Waals surface area (Å²) in [5, 5.41) is 10.5. The van der Waals surface area contributed by atoms with Crippen LogP contribution in [0.1, 0.15) is 12.0 Å². The van der Waals surface area contributed by atoms with Crippen molar-refractivity contribution in [1.82, 2.24) is 4.90 Å². The molecule has 0 bridgehead atoms. The summed E-state index contributed by atoms with van der Waals surface area (Å²) in [4.78, 5) is 23.3. The molecule has 6 nitrogen and oxygen atoms in total. The Morgan fingerprint density at radius 1 is 1.41 bits per heavy atom. The van der Waals surface area contributed by atoms with Crippen molar-refractivity contribution in [1.29, 1.82) is 0 Å². The van der Waals surface area contributed by atoms with E-state index in [0.717, 1.165) is 5.56 Å². The SMILES string of the molecule is N[C@H]1CCN(Cc2ccc([N+](=O)[O-])cc2)C1=O.